The fourth-order valence-electron chi connectivity index (χ4n) is 2.19. The van der Waals surface area contributed by atoms with E-state index in [1.165, 1.54) is 0 Å². The van der Waals surface area contributed by atoms with Gasteiger partial charge in [0.25, 0.3) is 0 Å². The van der Waals surface area contributed by atoms with E-state index in [0.29, 0.717) is 0 Å². The Balaban J connectivity index is 2.19. The van der Waals surface area contributed by atoms with Gasteiger partial charge in [0, 0.05) is 0 Å². The first-order valence-corrected chi connectivity index (χ1v) is 11.7. The molecule has 0 aliphatic carbocycles. The fourth-order valence-corrected chi connectivity index (χ4v) is 23.7. The van der Waals surface area contributed by atoms with Crippen molar-refractivity contribution in [1.29, 1.82) is 0 Å². The third-order valence-electron chi connectivity index (χ3n) is 2.84. The molecule has 0 aromatic heterocycles. The van der Waals surface area contributed by atoms with Crippen molar-refractivity contribution in [2.24, 2.45) is 0 Å². The van der Waals surface area contributed by atoms with Gasteiger partial charge >= 0.3 is 83.1 Å². The van der Waals surface area contributed by atoms with E-state index in [4.69, 9.17) is 0 Å². The Kier molecular flexibility index (Phi) is 1.88. The summed E-state index contributed by atoms with van der Waals surface area (Å²) in [5, 5.41) is 6.63. The predicted molar refractivity (Wildman–Crippen MR) is 56.4 cm³/mol. The molecule has 2 heteroatoms. The van der Waals surface area contributed by atoms with Gasteiger partial charge in [0.2, 0.25) is 0 Å². The summed E-state index contributed by atoms with van der Waals surface area (Å²) in [6.07, 6.45) is 0. The molecule has 1 aromatic rings. The first kappa shape index (κ1) is 7.71. The Morgan fingerprint density at radius 2 is 1.17 bits per heavy atom. The molecule has 3 heterocycles. The minimum atomic E-state index is -0.468. The first-order valence-electron chi connectivity index (χ1n) is 4.54. The van der Waals surface area contributed by atoms with E-state index in [2.05, 4.69) is 24.3 Å². The summed E-state index contributed by atoms with van der Waals surface area (Å²) in [5.41, 5.74) is 0. The van der Waals surface area contributed by atoms with E-state index in [1.807, 2.05) is 8.70 Å². The van der Waals surface area contributed by atoms with E-state index < -0.39 is 29.3 Å². The predicted octanol–water partition coefficient (Wildman–Crippen LogP) is 1.12. The van der Waals surface area contributed by atoms with Gasteiger partial charge in [0.15, 0.2) is 0 Å². The van der Waals surface area contributed by atoms with E-state index in [1.54, 1.807) is 20.8 Å². The maximum absolute atomic E-state index is 2.44. The molecular formula is C10H12As2. The Hall–Kier alpha value is 0.337. The van der Waals surface area contributed by atoms with Gasteiger partial charge in [-0.05, 0) is 0 Å². The molecule has 4 rings (SSSR count). The molecule has 0 N–H and O–H groups in total. The van der Waals surface area contributed by atoms with Crippen molar-refractivity contribution in [2.45, 2.75) is 20.8 Å². The van der Waals surface area contributed by atoms with E-state index in [9.17, 15) is 0 Å². The number of hydrogen-bond acceptors (Lipinski definition) is 0. The molecule has 0 spiro atoms. The molecule has 2 bridgehead atoms. The van der Waals surface area contributed by atoms with Gasteiger partial charge < -0.3 is 0 Å². The average molecular weight is 282 g/mol. The molecule has 0 amide bonds. The number of benzene rings is 1. The molecule has 1 fully saturated rings. The van der Waals surface area contributed by atoms with Crippen molar-refractivity contribution in [3.05, 3.63) is 24.3 Å². The number of rotatable bonds is 0. The zero-order chi connectivity index (χ0) is 7.97. The van der Waals surface area contributed by atoms with Gasteiger partial charge in [-0.3, -0.25) is 0 Å². The van der Waals surface area contributed by atoms with Crippen LogP contribution in [-0.4, -0.2) is 29.3 Å². The molecule has 0 unspecified atom stereocenters. The maximum atomic E-state index is 2.44. The zero-order valence-corrected chi connectivity index (χ0v) is 10.8. The van der Waals surface area contributed by atoms with Crippen LogP contribution in [0, 0.1) is 0 Å². The van der Waals surface area contributed by atoms with E-state index in [0.717, 1.165) is 0 Å². The molecule has 0 radical (unpaired) electrons. The molecule has 3 aliphatic rings. The second-order valence-corrected chi connectivity index (χ2v) is 13.8. The Bertz CT molecular complexity index is 269. The van der Waals surface area contributed by atoms with Gasteiger partial charge in [-0.15, -0.1) is 0 Å². The number of fused-ring (bicyclic) bond motifs is 2. The summed E-state index contributed by atoms with van der Waals surface area (Å²) in [4.78, 5) is 0. The van der Waals surface area contributed by atoms with Crippen molar-refractivity contribution in [3.8, 4) is 0 Å². The second kappa shape index (κ2) is 2.93. The Morgan fingerprint density at radius 1 is 0.750 bits per heavy atom. The SMILES string of the molecule is c1ccc2c(c1)[As]1CC[As]2CC1. The molecule has 1 aromatic carbocycles. The van der Waals surface area contributed by atoms with E-state index in [-0.39, 0.29) is 0 Å². The first-order chi connectivity index (χ1) is 5.95. The van der Waals surface area contributed by atoms with Gasteiger partial charge in [-0.1, -0.05) is 0 Å². The second-order valence-electron chi connectivity index (χ2n) is 3.46. The molecule has 1 saturated heterocycles. The Morgan fingerprint density at radius 3 is 1.58 bits per heavy atom. The topological polar surface area (TPSA) is 0 Å². The summed E-state index contributed by atoms with van der Waals surface area (Å²) in [6.45, 7) is 0. The van der Waals surface area contributed by atoms with Crippen molar-refractivity contribution < 1.29 is 0 Å². The van der Waals surface area contributed by atoms with Gasteiger partial charge in [-0.2, -0.15) is 0 Å². The Labute approximate surface area is 82.9 Å². The summed E-state index contributed by atoms with van der Waals surface area (Å²) < 4.78 is 3.75. The standard InChI is InChI=1S/C10H12As2/c1-2-4-10-9(3-1)11-5-7-12(10)8-6-11/h1-4H,5-8H2. The van der Waals surface area contributed by atoms with Gasteiger partial charge in [-0.25, -0.2) is 0 Å². The van der Waals surface area contributed by atoms with Crippen LogP contribution in [0.15, 0.2) is 24.3 Å². The normalized spacial score (nSPS) is 31.7. The number of hydrogen-bond donors (Lipinski definition) is 0. The summed E-state index contributed by atoms with van der Waals surface area (Å²) in [6, 6.07) is 9.39. The third kappa shape index (κ3) is 1.05. The molecular weight excluding hydrogens is 270 g/mol. The molecule has 0 nitrogen and oxygen atoms in total. The van der Waals surface area contributed by atoms with Crippen LogP contribution in [0.3, 0.4) is 0 Å². The minimum absolute atomic E-state index is 0.468. The third-order valence-corrected chi connectivity index (χ3v) is 17.9. The zero-order valence-electron chi connectivity index (χ0n) is 7.03. The molecule has 62 valence electrons. The molecule has 3 aliphatic heterocycles. The van der Waals surface area contributed by atoms with Gasteiger partial charge in [0.1, 0.15) is 0 Å². The van der Waals surface area contributed by atoms with Gasteiger partial charge in [0.05, 0.1) is 0 Å². The van der Waals surface area contributed by atoms with Crippen LogP contribution in [0.4, 0.5) is 0 Å². The molecule has 0 saturated carbocycles. The summed E-state index contributed by atoms with van der Waals surface area (Å²) in [7, 11) is 0. The van der Waals surface area contributed by atoms with Crippen molar-refractivity contribution in [2.75, 3.05) is 0 Å². The van der Waals surface area contributed by atoms with Crippen molar-refractivity contribution in [1.82, 2.24) is 0 Å². The van der Waals surface area contributed by atoms with Crippen LogP contribution < -0.4 is 8.70 Å². The van der Waals surface area contributed by atoms with Crippen LogP contribution in [-0.2, 0) is 0 Å². The molecule has 0 atom stereocenters. The van der Waals surface area contributed by atoms with E-state index >= 15 is 0 Å². The van der Waals surface area contributed by atoms with Crippen LogP contribution in [0.25, 0.3) is 0 Å². The van der Waals surface area contributed by atoms with Crippen LogP contribution in [0.2, 0.25) is 20.8 Å². The van der Waals surface area contributed by atoms with Crippen LogP contribution in [0.1, 0.15) is 0 Å². The monoisotopic (exact) mass is 282 g/mol. The molecule has 12 heavy (non-hydrogen) atoms. The average Bonchev–Trinajstić information content (AvgIpc) is 2.20. The summed E-state index contributed by atoms with van der Waals surface area (Å²) in [5.74, 6) is 0. The van der Waals surface area contributed by atoms with Crippen molar-refractivity contribution in [3.63, 3.8) is 0 Å². The quantitative estimate of drug-likeness (QED) is 0.626. The van der Waals surface area contributed by atoms with Crippen molar-refractivity contribution >= 4 is 38.0 Å². The fraction of sp³-hybridized carbons (Fsp3) is 0.400. The van der Waals surface area contributed by atoms with Crippen LogP contribution >= 0.6 is 0 Å². The summed E-state index contributed by atoms with van der Waals surface area (Å²) >= 11 is -0.936. The van der Waals surface area contributed by atoms with Crippen LogP contribution in [0.5, 0.6) is 0 Å².